The molecule has 4 aromatic carbocycles. The van der Waals surface area contributed by atoms with E-state index in [2.05, 4.69) is 70.1 Å². The first kappa shape index (κ1) is 61.7. The molecule has 79 heavy (non-hydrogen) atoms. The summed E-state index contributed by atoms with van der Waals surface area (Å²) in [6, 6.07) is 31.3. The monoisotopic (exact) mass is 1080 g/mol. The molecule has 6 aromatic rings. The van der Waals surface area contributed by atoms with Crippen LogP contribution < -0.4 is 20.5 Å². The van der Waals surface area contributed by atoms with Crippen LogP contribution >= 0.6 is 0 Å². The lowest BCUT2D eigenvalue weighted by Crippen LogP contribution is -2.36. The molecular weight excluding hydrogens is 997 g/mol. The molecular formula is C64H82N6O9. The van der Waals surface area contributed by atoms with E-state index in [1.54, 1.807) is 24.4 Å². The van der Waals surface area contributed by atoms with Crippen LogP contribution in [-0.4, -0.2) is 149 Å². The molecule has 2 fully saturated rings. The Bertz CT molecular complexity index is 2840. The van der Waals surface area contributed by atoms with Gasteiger partial charge in [-0.1, -0.05) is 66.7 Å². The highest BCUT2D eigenvalue weighted by atomic mass is 16.5. The third-order valence-corrected chi connectivity index (χ3v) is 14.7. The Morgan fingerprint density at radius 1 is 0.608 bits per heavy atom. The summed E-state index contributed by atoms with van der Waals surface area (Å²) in [4.78, 5) is 50.0. The third-order valence-electron chi connectivity index (χ3n) is 14.7. The van der Waals surface area contributed by atoms with Crippen molar-refractivity contribution in [2.24, 2.45) is 5.73 Å². The van der Waals surface area contributed by atoms with Gasteiger partial charge < -0.3 is 50.8 Å². The predicted molar refractivity (Wildman–Crippen MR) is 311 cm³/mol. The molecule has 8 rings (SSSR count). The van der Waals surface area contributed by atoms with Crippen molar-refractivity contribution >= 4 is 17.9 Å². The van der Waals surface area contributed by atoms with Crippen LogP contribution in [0, 0.1) is 27.7 Å². The van der Waals surface area contributed by atoms with Crippen LogP contribution in [0.3, 0.4) is 0 Å². The molecule has 2 aliphatic rings. The number of benzene rings is 4. The summed E-state index contributed by atoms with van der Waals surface area (Å²) in [5.41, 5.74) is 17.7. The quantitative estimate of drug-likeness (QED) is 0.0193. The van der Waals surface area contributed by atoms with Crippen LogP contribution in [0.15, 0.2) is 109 Å². The molecule has 2 aromatic heterocycles. The van der Waals surface area contributed by atoms with Gasteiger partial charge in [-0.15, -0.1) is 0 Å². The van der Waals surface area contributed by atoms with Gasteiger partial charge in [0, 0.05) is 89.7 Å². The Hall–Kier alpha value is -6.53. The van der Waals surface area contributed by atoms with Crippen LogP contribution in [-0.2, 0) is 19.4 Å². The van der Waals surface area contributed by atoms with Crippen LogP contribution in [0.25, 0.3) is 22.3 Å². The Morgan fingerprint density at radius 2 is 1.04 bits per heavy atom. The summed E-state index contributed by atoms with van der Waals surface area (Å²) in [5, 5.41) is 39.1. The van der Waals surface area contributed by atoms with Crippen LogP contribution in [0.1, 0.15) is 109 Å². The van der Waals surface area contributed by atoms with Gasteiger partial charge in [0.1, 0.15) is 22.9 Å². The zero-order valence-corrected chi connectivity index (χ0v) is 46.7. The Balaban J connectivity index is 0.000000240. The van der Waals surface area contributed by atoms with Gasteiger partial charge in [-0.2, -0.15) is 0 Å². The highest BCUT2D eigenvalue weighted by Crippen LogP contribution is 2.35. The molecule has 0 aliphatic carbocycles. The number of aliphatic hydroxyl groups excluding tert-OH is 4. The van der Waals surface area contributed by atoms with Crippen LogP contribution in [0.2, 0.25) is 0 Å². The van der Waals surface area contributed by atoms with Gasteiger partial charge in [-0.25, -0.2) is 0 Å². The fraction of sp³-hybridized carbons (Fsp3) is 0.422. The molecule has 2 saturated heterocycles. The highest BCUT2D eigenvalue weighted by Gasteiger charge is 2.20. The highest BCUT2D eigenvalue weighted by molar-refractivity contribution is 5.97. The number of ketones is 2. The molecule has 422 valence electrons. The maximum absolute atomic E-state index is 13.0. The number of hydrogen-bond donors (Lipinski definition) is 6. The van der Waals surface area contributed by atoms with Crippen molar-refractivity contribution in [1.29, 1.82) is 0 Å². The van der Waals surface area contributed by atoms with E-state index in [1.807, 2.05) is 61.5 Å². The number of likely N-dealkylation sites (tertiary alicyclic amines) is 2. The number of ether oxygens (including phenoxy) is 2. The first-order chi connectivity index (χ1) is 38.3. The summed E-state index contributed by atoms with van der Waals surface area (Å²) in [7, 11) is 0. The van der Waals surface area contributed by atoms with Gasteiger partial charge in [0.2, 0.25) is 0 Å². The number of Topliss-reactive ketones (excluding diaryl/α,β-unsaturated/α-hetero) is 2. The number of piperidine rings is 2. The van der Waals surface area contributed by atoms with E-state index in [-0.39, 0.29) is 49.8 Å². The van der Waals surface area contributed by atoms with E-state index in [9.17, 15) is 24.6 Å². The van der Waals surface area contributed by atoms with Crippen molar-refractivity contribution in [1.82, 2.24) is 25.1 Å². The van der Waals surface area contributed by atoms with Gasteiger partial charge in [0.25, 0.3) is 0 Å². The van der Waals surface area contributed by atoms with E-state index in [1.165, 1.54) is 6.20 Å². The number of carbonyl (C=O) groups is 3. The molecule has 0 unspecified atom stereocenters. The van der Waals surface area contributed by atoms with Crippen molar-refractivity contribution in [2.45, 2.75) is 97.8 Å². The summed E-state index contributed by atoms with van der Waals surface area (Å²) in [5.74, 6) is 1.67. The van der Waals surface area contributed by atoms with E-state index >= 15 is 0 Å². The maximum atomic E-state index is 13.0. The van der Waals surface area contributed by atoms with Gasteiger partial charge in [-0.3, -0.25) is 24.4 Å². The lowest BCUT2D eigenvalue weighted by molar-refractivity contribution is 0.0797. The molecule has 0 amide bonds. The molecule has 2 aliphatic heterocycles. The Labute approximate surface area is 466 Å². The molecule has 0 bridgehead atoms. The average molecular weight is 1080 g/mol. The van der Waals surface area contributed by atoms with E-state index in [0.717, 1.165) is 157 Å². The van der Waals surface area contributed by atoms with Gasteiger partial charge >= 0.3 is 0 Å². The second-order valence-corrected chi connectivity index (χ2v) is 20.3. The number of aromatic nitrogens is 2. The smallest absolute Gasteiger partial charge is 0.185 e. The number of nitrogens with two attached hydrogens (primary N) is 1. The molecule has 7 N–H and O–H groups in total. The SMILES string of the molecule is Cc1c(CC(=O)c2ccc(C=O)cn2)cccc1-c1cccc(OCCCN2CCC(O)CC2)c1C.Cc1c(CC(=O)c2ccc(CNCCO)cn2)cccc1-c1cccc(OCCCN2CCC(O)CC2)c1C.NCCO. The summed E-state index contributed by atoms with van der Waals surface area (Å²) < 4.78 is 12.3. The van der Waals surface area contributed by atoms with Crippen LogP contribution in [0.5, 0.6) is 11.5 Å². The Kier molecular flexibility index (Phi) is 25.4. The fourth-order valence-electron chi connectivity index (χ4n) is 9.86. The molecule has 0 spiro atoms. The number of carbonyl (C=O) groups excluding carboxylic acids is 3. The number of nitrogens with zero attached hydrogens (tertiary/aromatic N) is 4. The number of aliphatic hydroxyl groups is 4. The molecule has 0 radical (unpaired) electrons. The normalized spacial score (nSPS) is 14.1. The van der Waals surface area contributed by atoms with Crippen molar-refractivity contribution in [3.8, 4) is 33.8 Å². The number of nitrogens with one attached hydrogen (secondary N) is 1. The minimum atomic E-state index is -0.144. The number of rotatable bonds is 24. The van der Waals surface area contributed by atoms with Gasteiger partial charge in [-0.05, 0) is 158 Å². The Morgan fingerprint density at radius 3 is 1.43 bits per heavy atom. The third kappa shape index (κ3) is 18.8. The molecule has 0 atom stereocenters. The topological polar surface area (TPSA) is 221 Å². The minimum Gasteiger partial charge on any atom is -0.493 e. The predicted octanol–water partition coefficient (Wildman–Crippen LogP) is 7.86. The second kappa shape index (κ2) is 32.5. The summed E-state index contributed by atoms with van der Waals surface area (Å²) >= 11 is 0. The van der Waals surface area contributed by atoms with Crippen molar-refractivity contribution in [2.75, 3.05) is 78.8 Å². The lowest BCUT2D eigenvalue weighted by Gasteiger charge is -2.29. The van der Waals surface area contributed by atoms with E-state index in [0.29, 0.717) is 49.8 Å². The van der Waals surface area contributed by atoms with E-state index < -0.39 is 0 Å². The van der Waals surface area contributed by atoms with Gasteiger partial charge in [0.05, 0.1) is 38.6 Å². The van der Waals surface area contributed by atoms with Crippen molar-refractivity contribution in [3.05, 3.63) is 165 Å². The number of aldehydes is 1. The first-order valence-electron chi connectivity index (χ1n) is 27.8. The summed E-state index contributed by atoms with van der Waals surface area (Å²) in [6.07, 6.45) is 9.43. The van der Waals surface area contributed by atoms with Crippen LogP contribution in [0.4, 0.5) is 0 Å². The molecule has 0 saturated carbocycles. The van der Waals surface area contributed by atoms with Gasteiger partial charge in [0.15, 0.2) is 17.9 Å². The molecule has 15 heteroatoms. The maximum Gasteiger partial charge on any atom is 0.185 e. The second-order valence-electron chi connectivity index (χ2n) is 20.3. The molecule has 15 nitrogen and oxygen atoms in total. The largest absolute Gasteiger partial charge is 0.493 e. The van der Waals surface area contributed by atoms with E-state index in [4.69, 9.17) is 25.4 Å². The fourth-order valence-corrected chi connectivity index (χ4v) is 9.86. The number of hydrogen-bond acceptors (Lipinski definition) is 15. The number of pyridine rings is 2. The zero-order chi connectivity index (χ0) is 56.5. The van der Waals surface area contributed by atoms with Crippen molar-refractivity contribution < 1.29 is 44.3 Å². The standard InChI is InChI=1S/C32H41N3O4.C30H34N2O4.C2H7NO/c1-23-26(20-31(38)30-11-10-25(22-34-30)21-33-14-18-36)6-3-7-28(23)29-8-4-9-32(24(29)2)39-19-5-15-35-16-12-27(37)13-17-35;1-21-24(18-29(35)28-11-10-23(20-33)19-31-28)6-3-7-26(21)27-8-4-9-30(22(27)2)36-17-5-14-32-15-12-25(34)13-16-32;3-1-2-4/h3-4,6-11,22,27,33,36-37H,5,12-21H2,1-2H3;3-4,6-11,19-20,25,34H,5,12-18H2,1-2H3;4H,1-3H2. The minimum absolute atomic E-state index is 0.0119. The summed E-state index contributed by atoms with van der Waals surface area (Å²) in [6.45, 7) is 17.1. The zero-order valence-electron chi connectivity index (χ0n) is 46.7. The average Bonchev–Trinajstić information content (AvgIpc) is 3.52. The lowest BCUT2D eigenvalue weighted by atomic mass is 9.91. The first-order valence-corrected chi connectivity index (χ1v) is 27.8. The van der Waals surface area contributed by atoms with Crippen molar-refractivity contribution in [3.63, 3.8) is 0 Å². The molecule has 4 heterocycles.